The third-order valence-corrected chi connectivity index (χ3v) is 5.70. The molecule has 2 N–H and O–H groups in total. The van der Waals surface area contributed by atoms with Crippen LogP contribution in [0, 0.1) is 0 Å². The molecule has 6 heteroatoms. The maximum Gasteiger partial charge on any atom is 0.267 e. The molecule has 31 heavy (non-hydrogen) atoms. The summed E-state index contributed by atoms with van der Waals surface area (Å²) in [5, 5.41) is 8.49. The molecule has 0 atom stereocenters. The zero-order valence-electron chi connectivity index (χ0n) is 18.0. The van der Waals surface area contributed by atoms with Crippen molar-refractivity contribution in [3.05, 3.63) is 77.4 Å². The molecule has 0 aromatic heterocycles. The van der Waals surface area contributed by atoms with E-state index in [4.69, 9.17) is 5.21 Å². The van der Waals surface area contributed by atoms with Crippen molar-refractivity contribution in [2.75, 3.05) is 32.1 Å². The zero-order valence-corrected chi connectivity index (χ0v) is 18.0. The number of nitrogens with one attached hydrogen (secondary N) is 1. The Labute approximate surface area is 183 Å². The van der Waals surface area contributed by atoms with E-state index >= 15 is 0 Å². The summed E-state index contributed by atoms with van der Waals surface area (Å²) in [6.07, 6.45) is 8.48. The van der Waals surface area contributed by atoms with E-state index < -0.39 is 5.91 Å². The number of hydrogen-bond acceptors (Lipinski definition) is 5. The number of rotatable bonds is 7. The molecule has 6 nitrogen and oxygen atoms in total. The second-order valence-electron chi connectivity index (χ2n) is 7.87. The fourth-order valence-corrected chi connectivity index (χ4v) is 3.65. The maximum absolute atomic E-state index is 12.5. The highest BCUT2D eigenvalue weighted by atomic mass is 16.5. The van der Waals surface area contributed by atoms with E-state index in [1.807, 2.05) is 48.5 Å². The molecule has 1 aliphatic heterocycles. The van der Waals surface area contributed by atoms with Crippen LogP contribution in [0.3, 0.4) is 0 Å². The van der Waals surface area contributed by atoms with Crippen LogP contribution in [0.4, 0.5) is 5.69 Å². The molecule has 1 saturated heterocycles. The van der Waals surface area contributed by atoms with Gasteiger partial charge in [-0.25, -0.2) is 5.48 Å². The number of nitrogens with zero attached hydrogens (tertiary/aromatic N) is 2. The number of likely N-dealkylation sites (tertiary alicyclic amines) is 1. The van der Waals surface area contributed by atoms with Crippen molar-refractivity contribution < 1.29 is 14.8 Å². The van der Waals surface area contributed by atoms with Gasteiger partial charge in [0.2, 0.25) is 0 Å². The van der Waals surface area contributed by atoms with E-state index in [0.717, 1.165) is 42.7 Å². The minimum Gasteiger partial charge on any atom is -0.372 e. The molecule has 0 saturated carbocycles. The van der Waals surface area contributed by atoms with Crippen molar-refractivity contribution in [3.8, 4) is 0 Å². The van der Waals surface area contributed by atoms with Gasteiger partial charge in [-0.2, -0.15) is 0 Å². The number of amides is 1. The quantitative estimate of drug-likeness (QED) is 0.310. The number of ketones is 1. The normalized spacial score (nSPS) is 15.5. The first-order chi connectivity index (χ1) is 15.0. The Morgan fingerprint density at radius 2 is 1.52 bits per heavy atom. The number of carbonyl (C=O) groups is 2. The van der Waals surface area contributed by atoms with E-state index in [1.54, 1.807) is 23.7 Å². The number of carbonyl (C=O) groups excluding carboxylic acids is 2. The third-order valence-electron chi connectivity index (χ3n) is 5.70. The van der Waals surface area contributed by atoms with Crippen LogP contribution in [-0.4, -0.2) is 55.0 Å². The van der Waals surface area contributed by atoms with Gasteiger partial charge < -0.3 is 9.80 Å². The van der Waals surface area contributed by atoms with Crippen LogP contribution < -0.4 is 10.4 Å². The van der Waals surface area contributed by atoms with Gasteiger partial charge in [-0.15, -0.1) is 0 Å². The Bertz CT molecular complexity index is 941. The molecule has 0 bridgehead atoms. The second kappa shape index (κ2) is 10.7. The molecule has 0 radical (unpaired) electrons. The van der Waals surface area contributed by atoms with E-state index in [9.17, 15) is 9.59 Å². The molecule has 1 heterocycles. The minimum absolute atomic E-state index is 0.0444. The van der Waals surface area contributed by atoms with Crippen molar-refractivity contribution in [1.82, 2.24) is 10.4 Å². The minimum atomic E-state index is -0.585. The standard InChI is InChI=1S/C25H29N3O3/c1-27-17-15-23(16-18-27)28(2)22-11-9-21(10-12-22)24(29)13-7-19-3-5-20(6-4-19)8-14-25(30)26-31/h3-14,23,31H,15-18H2,1-2H3,(H,26,30)/b13-7+,14-8+. The lowest BCUT2D eigenvalue weighted by molar-refractivity contribution is -0.124. The highest BCUT2D eigenvalue weighted by molar-refractivity contribution is 6.07. The van der Waals surface area contributed by atoms with Crippen molar-refractivity contribution >= 4 is 29.5 Å². The molecule has 0 unspecified atom stereocenters. The average molecular weight is 420 g/mol. The Morgan fingerprint density at radius 3 is 2.06 bits per heavy atom. The van der Waals surface area contributed by atoms with Crippen LogP contribution >= 0.6 is 0 Å². The van der Waals surface area contributed by atoms with Crippen LogP contribution in [-0.2, 0) is 4.79 Å². The summed E-state index contributed by atoms with van der Waals surface area (Å²) < 4.78 is 0. The summed E-state index contributed by atoms with van der Waals surface area (Å²) in [7, 11) is 4.29. The summed E-state index contributed by atoms with van der Waals surface area (Å²) in [6, 6.07) is 15.7. The van der Waals surface area contributed by atoms with Gasteiger partial charge in [0.25, 0.3) is 5.91 Å². The fraction of sp³-hybridized carbons (Fsp3) is 0.280. The van der Waals surface area contributed by atoms with E-state index in [1.165, 1.54) is 6.08 Å². The van der Waals surface area contributed by atoms with Crippen LogP contribution in [0.15, 0.2) is 60.7 Å². The number of piperidine rings is 1. The SMILES string of the molecule is CN1CCC(N(C)c2ccc(C(=O)/C=C/c3ccc(/C=C/C(=O)NO)cc3)cc2)CC1. The number of anilines is 1. The van der Waals surface area contributed by atoms with Crippen molar-refractivity contribution in [2.45, 2.75) is 18.9 Å². The van der Waals surface area contributed by atoms with Gasteiger partial charge in [-0.1, -0.05) is 30.3 Å². The van der Waals surface area contributed by atoms with Crippen molar-refractivity contribution in [2.24, 2.45) is 0 Å². The molecular weight excluding hydrogens is 390 g/mol. The largest absolute Gasteiger partial charge is 0.372 e. The Hall–Kier alpha value is -3.22. The predicted octanol–water partition coefficient (Wildman–Crippen LogP) is 3.63. The number of benzene rings is 2. The summed E-state index contributed by atoms with van der Waals surface area (Å²) in [5.41, 5.74) is 5.04. The molecule has 1 aliphatic rings. The van der Waals surface area contributed by atoms with Gasteiger partial charge in [-0.05, 0) is 80.5 Å². The predicted molar refractivity (Wildman–Crippen MR) is 124 cm³/mol. The zero-order chi connectivity index (χ0) is 22.2. The number of hydrogen-bond donors (Lipinski definition) is 2. The first-order valence-electron chi connectivity index (χ1n) is 10.4. The highest BCUT2D eigenvalue weighted by Crippen LogP contribution is 2.22. The number of allylic oxidation sites excluding steroid dienone is 1. The van der Waals surface area contributed by atoms with Crippen LogP contribution in [0.25, 0.3) is 12.2 Å². The fourth-order valence-electron chi connectivity index (χ4n) is 3.65. The molecule has 3 rings (SSSR count). The Kier molecular flexibility index (Phi) is 7.76. The molecule has 0 aliphatic carbocycles. The summed E-state index contributed by atoms with van der Waals surface area (Å²) in [6.45, 7) is 2.23. The first kappa shape index (κ1) is 22.5. The summed E-state index contributed by atoms with van der Waals surface area (Å²) in [5.74, 6) is -0.629. The van der Waals surface area contributed by atoms with Crippen molar-refractivity contribution in [3.63, 3.8) is 0 Å². The van der Waals surface area contributed by atoms with E-state index in [2.05, 4.69) is 23.9 Å². The Morgan fingerprint density at radius 1 is 0.968 bits per heavy atom. The summed E-state index contributed by atoms with van der Waals surface area (Å²) >= 11 is 0. The lowest BCUT2D eigenvalue weighted by Gasteiger charge is -2.36. The molecule has 2 aromatic carbocycles. The maximum atomic E-state index is 12.5. The van der Waals surface area contributed by atoms with Gasteiger partial charge in [0.1, 0.15) is 0 Å². The monoisotopic (exact) mass is 419 g/mol. The van der Waals surface area contributed by atoms with Gasteiger partial charge in [0.05, 0.1) is 0 Å². The van der Waals surface area contributed by atoms with Crippen molar-refractivity contribution in [1.29, 1.82) is 0 Å². The van der Waals surface area contributed by atoms with Crippen LogP contribution in [0.5, 0.6) is 0 Å². The van der Waals surface area contributed by atoms with Crippen LogP contribution in [0.1, 0.15) is 34.3 Å². The van der Waals surface area contributed by atoms with E-state index in [0.29, 0.717) is 11.6 Å². The van der Waals surface area contributed by atoms with Gasteiger partial charge in [-0.3, -0.25) is 14.8 Å². The molecule has 1 fully saturated rings. The number of hydroxylamine groups is 1. The summed E-state index contributed by atoms with van der Waals surface area (Å²) in [4.78, 5) is 28.2. The van der Waals surface area contributed by atoms with Gasteiger partial charge >= 0.3 is 0 Å². The first-order valence-corrected chi connectivity index (χ1v) is 10.4. The Balaban J connectivity index is 1.58. The molecular formula is C25H29N3O3. The van der Waals surface area contributed by atoms with Crippen LogP contribution in [0.2, 0.25) is 0 Å². The van der Waals surface area contributed by atoms with Gasteiger partial charge in [0, 0.05) is 30.4 Å². The topological polar surface area (TPSA) is 72.9 Å². The molecule has 2 aromatic rings. The molecule has 162 valence electrons. The van der Waals surface area contributed by atoms with Gasteiger partial charge in [0.15, 0.2) is 5.78 Å². The molecule has 1 amide bonds. The highest BCUT2D eigenvalue weighted by Gasteiger charge is 2.20. The third kappa shape index (κ3) is 6.38. The molecule has 0 spiro atoms. The average Bonchev–Trinajstić information content (AvgIpc) is 2.81. The van der Waals surface area contributed by atoms with E-state index in [-0.39, 0.29) is 5.78 Å². The lowest BCUT2D eigenvalue weighted by Crippen LogP contribution is -2.41. The lowest BCUT2D eigenvalue weighted by atomic mass is 10.0. The smallest absolute Gasteiger partial charge is 0.267 e. The second-order valence-corrected chi connectivity index (χ2v) is 7.87.